The number of guanidine groups is 2. The third-order valence-electron chi connectivity index (χ3n) is 4.44. The average molecular weight is 416 g/mol. The second kappa shape index (κ2) is 6.25. The summed E-state index contributed by atoms with van der Waals surface area (Å²) in [5.74, 6) is -4.03. The topological polar surface area (TPSA) is 117 Å². The van der Waals surface area contributed by atoms with E-state index in [1.807, 2.05) is 0 Å². The van der Waals surface area contributed by atoms with E-state index in [0.717, 1.165) is 19.3 Å². The maximum Gasteiger partial charge on any atom is 0.337 e. The zero-order valence-electron chi connectivity index (χ0n) is 13.1. The third kappa shape index (κ3) is 2.84. The van der Waals surface area contributed by atoms with Crippen LogP contribution >= 0.6 is 15.9 Å². The predicted octanol–water partition coefficient (Wildman–Crippen LogP) is 2.54. The van der Waals surface area contributed by atoms with Gasteiger partial charge < -0.3 is 16.6 Å². The molecule has 2 aliphatic rings. The first-order chi connectivity index (χ1) is 11.8. The molecule has 25 heavy (non-hydrogen) atoms. The van der Waals surface area contributed by atoms with Gasteiger partial charge in [0.25, 0.3) is 0 Å². The lowest BCUT2D eigenvalue weighted by Crippen LogP contribution is -2.58. The van der Waals surface area contributed by atoms with Crippen LogP contribution in [0.15, 0.2) is 20.5 Å². The smallest absolute Gasteiger partial charge is 0.337 e. The molecular formula is C15H16BrF2N5O2. The normalized spacial score (nSPS) is 19.6. The number of nitrogens with two attached hydrogens (primary N) is 2. The molecule has 0 radical (unpaired) electrons. The van der Waals surface area contributed by atoms with Crippen molar-refractivity contribution in [2.24, 2.45) is 21.5 Å². The molecule has 10 heteroatoms. The number of rotatable bonds is 2. The Balaban J connectivity index is 2.28. The number of anilines is 1. The molecule has 134 valence electrons. The molecule has 0 amide bonds. The Morgan fingerprint density at radius 3 is 2.52 bits per heavy atom. The van der Waals surface area contributed by atoms with Crippen molar-refractivity contribution in [2.75, 3.05) is 4.90 Å². The van der Waals surface area contributed by atoms with Crippen molar-refractivity contribution >= 4 is 39.5 Å². The van der Waals surface area contributed by atoms with E-state index < -0.39 is 28.8 Å². The minimum absolute atomic E-state index is 0.0220. The molecule has 1 aromatic carbocycles. The molecule has 7 nitrogen and oxygen atoms in total. The first-order valence-corrected chi connectivity index (χ1v) is 8.46. The highest BCUT2D eigenvalue weighted by Crippen LogP contribution is 2.44. The van der Waals surface area contributed by atoms with Crippen molar-refractivity contribution in [1.29, 1.82) is 0 Å². The molecule has 5 N–H and O–H groups in total. The number of nitrogens with zero attached hydrogens (tertiary/aromatic N) is 3. The van der Waals surface area contributed by atoms with Gasteiger partial charge in [0.1, 0.15) is 5.66 Å². The highest BCUT2D eigenvalue weighted by Gasteiger charge is 2.45. The van der Waals surface area contributed by atoms with Crippen LogP contribution in [-0.4, -0.2) is 28.7 Å². The van der Waals surface area contributed by atoms with Crippen molar-refractivity contribution in [3.63, 3.8) is 0 Å². The second-order valence-electron chi connectivity index (χ2n) is 6.01. The molecule has 1 aromatic rings. The van der Waals surface area contributed by atoms with E-state index in [2.05, 4.69) is 25.9 Å². The summed E-state index contributed by atoms with van der Waals surface area (Å²) in [5.41, 5.74) is 10.2. The summed E-state index contributed by atoms with van der Waals surface area (Å²) in [5, 5.41) is 9.48. The molecule has 1 heterocycles. The number of carboxylic acid groups (broad SMARTS) is 1. The van der Waals surface area contributed by atoms with Gasteiger partial charge in [-0.25, -0.2) is 18.6 Å². The number of benzene rings is 1. The zero-order chi connectivity index (χ0) is 18.4. The van der Waals surface area contributed by atoms with Gasteiger partial charge >= 0.3 is 5.97 Å². The molecule has 1 spiro atoms. The maximum atomic E-state index is 14.2. The first kappa shape index (κ1) is 17.6. The lowest BCUT2D eigenvalue weighted by Gasteiger charge is -2.46. The van der Waals surface area contributed by atoms with Crippen LogP contribution in [-0.2, 0) is 0 Å². The number of hydrogen-bond acceptors (Lipinski definition) is 6. The van der Waals surface area contributed by atoms with Gasteiger partial charge in [-0.1, -0.05) is 6.42 Å². The molecule has 0 atom stereocenters. The standard InChI is InChI=1S/C15H16BrF2N5O2/c16-9-10(18)8(17)6-7(12(24)25)11(9)23-14(20)21-13(19)22-15(23)4-2-1-3-5-15/h6H,1-5H2,(H,24,25)(H4,19,20,21,22). The molecule has 1 aliphatic carbocycles. The molecule has 0 saturated heterocycles. The minimum Gasteiger partial charge on any atom is -0.478 e. The van der Waals surface area contributed by atoms with E-state index in [4.69, 9.17) is 11.5 Å². The first-order valence-electron chi connectivity index (χ1n) is 7.67. The number of carboxylic acids is 1. The van der Waals surface area contributed by atoms with Crippen molar-refractivity contribution in [3.05, 3.63) is 27.7 Å². The van der Waals surface area contributed by atoms with Gasteiger partial charge in [0.15, 0.2) is 11.6 Å². The van der Waals surface area contributed by atoms with Crippen molar-refractivity contribution < 1.29 is 18.7 Å². The Kier molecular flexibility index (Phi) is 4.40. The molecule has 3 rings (SSSR count). The minimum atomic E-state index is -1.42. The van der Waals surface area contributed by atoms with Crippen LogP contribution < -0.4 is 16.4 Å². The predicted molar refractivity (Wildman–Crippen MR) is 92.6 cm³/mol. The Morgan fingerprint density at radius 2 is 1.92 bits per heavy atom. The average Bonchev–Trinajstić information content (AvgIpc) is 2.54. The van der Waals surface area contributed by atoms with Gasteiger partial charge in [0.2, 0.25) is 11.9 Å². The summed E-state index contributed by atoms with van der Waals surface area (Å²) in [7, 11) is 0. The van der Waals surface area contributed by atoms with E-state index >= 15 is 0 Å². The highest BCUT2D eigenvalue weighted by atomic mass is 79.9. The second-order valence-corrected chi connectivity index (χ2v) is 6.80. The molecular weight excluding hydrogens is 400 g/mol. The lowest BCUT2D eigenvalue weighted by atomic mass is 9.87. The van der Waals surface area contributed by atoms with Crippen LogP contribution in [0.25, 0.3) is 0 Å². The Labute approximate surface area is 150 Å². The summed E-state index contributed by atoms with van der Waals surface area (Å²) in [6.45, 7) is 0. The van der Waals surface area contributed by atoms with E-state index in [1.54, 1.807) is 0 Å². The summed E-state index contributed by atoms with van der Waals surface area (Å²) in [4.78, 5) is 21.3. The quantitative estimate of drug-likeness (QED) is 0.641. The number of halogens is 3. The number of aromatic carboxylic acids is 1. The van der Waals surface area contributed by atoms with Crippen LogP contribution in [0, 0.1) is 11.6 Å². The van der Waals surface area contributed by atoms with Gasteiger partial charge in [-0.15, -0.1) is 0 Å². The summed E-state index contributed by atoms with van der Waals surface area (Å²) < 4.78 is 27.6. The third-order valence-corrected chi connectivity index (χ3v) is 5.17. The Bertz CT molecular complexity index is 806. The molecule has 1 fully saturated rings. The fourth-order valence-electron chi connectivity index (χ4n) is 3.41. The largest absolute Gasteiger partial charge is 0.478 e. The van der Waals surface area contributed by atoms with Gasteiger partial charge in [-0.05, 0) is 47.7 Å². The molecule has 0 bridgehead atoms. The van der Waals surface area contributed by atoms with Crippen LogP contribution in [0.2, 0.25) is 0 Å². The van der Waals surface area contributed by atoms with E-state index in [-0.39, 0.29) is 22.1 Å². The van der Waals surface area contributed by atoms with E-state index in [9.17, 15) is 18.7 Å². The van der Waals surface area contributed by atoms with Crippen molar-refractivity contribution in [2.45, 2.75) is 37.8 Å². The van der Waals surface area contributed by atoms with Gasteiger partial charge in [0.05, 0.1) is 15.7 Å². The fourth-order valence-corrected chi connectivity index (χ4v) is 3.99. The van der Waals surface area contributed by atoms with Crippen LogP contribution in [0.4, 0.5) is 14.5 Å². The van der Waals surface area contributed by atoms with E-state index in [0.29, 0.717) is 18.9 Å². The fraction of sp³-hybridized carbons (Fsp3) is 0.400. The maximum absolute atomic E-state index is 14.2. The molecule has 0 unspecified atom stereocenters. The van der Waals surface area contributed by atoms with Crippen molar-refractivity contribution in [1.82, 2.24) is 0 Å². The molecule has 1 aliphatic heterocycles. The summed E-state index contributed by atoms with van der Waals surface area (Å²) in [6, 6.07) is 0.628. The Morgan fingerprint density at radius 1 is 1.28 bits per heavy atom. The lowest BCUT2D eigenvalue weighted by molar-refractivity contribution is 0.0696. The molecule has 1 saturated carbocycles. The van der Waals surface area contributed by atoms with Gasteiger partial charge in [0, 0.05) is 0 Å². The highest BCUT2D eigenvalue weighted by molar-refractivity contribution is 9.10. The van der Waals surface area contributed by atoms with Gasteiger partial charge in [-0.3, -0.25) is 4.90 Å². The Hall–Kier alpha value is -2.23. The summed E-state index contributed by atoms with van der Waals surface area (Å²) in [6.07, 6.45) is 3.67. The molecule has 0 aromatic heterocycles. The number of aliphatic imine (C=N–C) groups is 2. The van der Waals surface area contributed by atoms with Gasteiger partial charge in [-0.2, -0.15) is 4.99 Å². The zero-order valence-corrected chi connectivity index (χ0v) is 14.7. The van der Waals surface area contributed by atoms with E-state index in [1.165, 1.54) is 4.90 Å². The monoisotopic (exact) mass is 415 g/mol. The van der Waals surface area contributed by atoms with Crippen LogP contribution in [0.1, 0.15) is 42.5 Å². The number of carbonyl (C=O) groups is 1. The number of hydrogen-bond donors (Lipinski definition) is 3. The SMILES string of the molecule is NC1=NC2(CCCCC2)N(c2c(C(=O)O)cc(F)c(F)c2Br)C(N)=N1. The summed E-state index contributed by atoms with van der Waals surface area (Å²) >= 11 is 2.97. The van der Waals surface area contributed by atoms with Crippen LogP contribution in [0.5, 0.6) is 0 Å². The van der Waals surface area contributed by atoms with Crippen molar-refractivity contribution in [3.8, 4) is 0 Å². The van der Waals surface area contributed by atoms with Crippen LogP contribution in [0.3, 0.4) is 0 Å².